The van der Waals surface area contributed by atoms with Gasteiger partial charge in [-0.3, -0.25) is 9.59 Å². The van der Waals surface area contributed by atoms with Crippen LogP contribution in [0.2, 0.25) is 0 Å². The first-order valence-electron chi connectivity index (χ1n) is 8.22. The normalized spacial score (nSPS) is 37.0. The van der Waals surface area contributed by atoms with Gasteiger partial charge in [0.15, 0.2) is 0 Å². The zero-order chi connectivity index (χ0) is 15.5. The molecule has 5 nitrogen and oxygen atoms in total. The molecule has 0 radical (unpaired) electrons. The van der Waals surface area contributed by atoms with Crippen molar-refractivity contribution in [2.24, 2.45) is 23.0 Å². The van der Waals surface area contributed by atoms with Crippen LogP contribution in [0.3, 0.4) is 0 Å². The third-order valence-corrected chi connectivity index (χ3v) is 5.50. The van der Waals surface area contributed by atoms with Crippen molar-refractivity contribution in [3.8, 4) is 0 Å². The first-order chi connectivity index (χ1) is 9.98. The molecule has 0 aromatic heterocycles. The second-order valence-electron chi connectivity index (χ2n) is 6.98. The number of rotatable bonds is 4. The highest BCUT2D eigenvalue weighted by atomic mass is 16.4. The average Bonchev–Trinajstić information content (AvgIpc) is 2.48. The van der Waals surface area contributed by atoms with Gasteiger partial charge in [-0.25, -0.2) is 0 Å². The van der Waals surface area contributed by atoms with E-state index in [1.54, 1.807) is 0 Å². The molecule has 120 valence electrons. The number of carbonyl (C=O) groups excluding carboxylic acids is 1. The minimum absolute atomic E-state index is 0.0185. The lowest BCUT2D eigenvalue weighted by Gasteiger charge is -2.39. The first kappa shape index (κ1) is 16.3. The molecule has 2 fully saturated rings. The molecule has 0 spiro atoms. The van der Waals surface area contributed by atoms with E-state index in [4.69, 9.17) is 5.73 Å². The molecule has 1 amide bonds. The lowest BCUT2D eigenvalue weighted by Crippen LogP contribution is -2.53. The standard InChI is InChI=1S/C16H28N2O3/c1-11-6-8-16(10-17,9-7-11)15(21)18-13-5-3-2-4-12(13)14(19)20/h11-13H,2-10,17H2,1H3,(H,18,21)(H,19,20). The first-order valence-corrected chi connectivity index (χ1v) is 8.22. The Bertz CT molecular complexity index is 389. The third kappa shape index (κ3) is 3.57. The van der Waals surface area contributed by atoms with Crippen molar-refractivity contribution >= 4 is 11.9 Å². The van der Waals surface area contributed by atoms with E-state index < -0.39 is 17.3 Å². The molecule has 4 N–H and O–H groups in total. The number of aliphatic carboxylic acids is 1. The molecule has 2 atom stereocenters. The van der Waals surface area contributed by atoms with Gasteiger partial charge in [-0.05, 0) is 44.4 Å². The van der Waals surface area contributed by atoms with Gasteiger partial charge in [-0.15, -0.1) is 0 Å². The second kappa shape index (κ2) is 6.77. The van der Waals surface area contributed by atoms with E-state index in [9.17, 15) is 14.7 Å². The van der Waals surface area contributed by atoms with Gasteiger partial charge in [0.2, 0.25) is 5.91 Å². The maximum atomic E-state index is 12.7. The summed E-state index contributed by atoms with van der Waals surface area (Å²) < 4.78 is 0. The largest absolute Gasteiger partial charge is 0.481 e. The number of carbonyl (C=O) groups is 2. The van der Waals surface area contributed by atoms with Crippen molar-refractivity contribution in [1.29, 1.82) is 0 Å². The Morgan fingerprint density at radius 1 is 1.19 bits per heavy atom. The quantitative estimate of drug-likeness (QED) is 0.738. The van der Waals surface area contributed by atoms with Crippen LogP contribution < -0.4 is 11.1 Å². The van der Waals surface area contributed by atoms with Crippen LogP contribution in [0.15, 0.2) is 0 Å². The van der Waals surface area contributed by atoms with Crippen LogP contribution in [-0.2, 0) is 9.59 Å². The predicted molar refractivity (Wildman–Crippen MR) is 80.6 cm³/mol. The molecule has 0 heterocycles. The molecule has 2 saturated carbocycles. The molecule has 0 aromatic rings. The molecule has 2 aliphatic rings. The van der Waals surface area contributed by atoms with Crippen molar-refractivity contribution in [2.45, 2.75) is 64.3 Å². The minimum atomic E-state index is -0.793. The minimum Gasteiger partial charge on any atom is -0.481 e. The highest BCUT2D eigenvalue weighted by Gasteiger charge is 2.42. The lowest BCUT2D eigenvalue weighted by atomic mass is 9.70. The number of hydrogen-bond donors (Lipinski definition) is 3. The summed E-state index contributed by atoms with van der Waals surface area (Å²) in [6.45, 7) is 2.57. The molecule has 2 rings (SSSR count). The van der Waals surface area contributed by atoms with Crippen LogP contribution in [-0.4, -0.2) is 29.6 Å². The highest BCUT2D eigenvalue weighted by Crippen LogP contribution is 2.39. The van der Waals surface area contributed by atoms with Crippen LogP contribution in [0, 0.1) is 17.3 Å². The summed E-state index contributed by atoms with van der Waals surface area (Å²) in [5, 5.41) is 12.3. The van der Waals surface area contributed by atoms with Crippen molar-refractivity contribution in [3.05, 3.63) is 0 Å². The Morgan fingerprint density at radius 2 is 1.81 bits per heavy atom. The van der Waals surface area contributed by atoms with Crippen LogP contribution in [0.4, 0.5) is 0 Å². The van der Waals surface area contributed by atoms with Gasteiger partial charge in [-0.1, -0.05) is 19.8 Å². The van der Waals surface area contributed by atoms with E-state index in [0.29, 0.717) is 18.9 Å². The Morgan fingerprint density at radius 3 is 2.38 bits per heavy atom. The van der Waals surface area contributed by atoms with E-state index >= 15 is 0 Å². The zero-order valence-electron chi connectivity index (χ0n) is 12.9. The number of hydrogen-bond acceptors (Lipinski definition) is 3. The van der Waals surface area contributed by atoms with Crippen LogP contribution in [0.1, 0.15) is 58.3 Å². The second-order valence-corrected chi connectivity index (χ2v) is 6.98. The van der Waals surface area contributed by atoms with Gasteiger partial charge < -0.3 is 16.2 Å². The molecule has 21 heavy (non-hydrogen) atoms. The molecular formula is C16H28N2O3. The molecule has 0 aromatic carbocycles. The van der Waals surface area contributed by atoms with Gasteiger partial charge >= 0.3 is 5.97 Å². The average molecular weight is 296 g/mol. The molecule has 2 aliphatic carbocycles. The molecule has 0 bridgehead atoms. The summed E-state index contributed by atoms with van der Waals surface area (Å²) >= 11 is 0. The summed E-state index contributed by atoms with van der Waals surface area (Å²) in [5.41, 5.74) is 5.43. The fraction of sp³-hybridized carbons (Fsp3) is 0.875. The molecule has 0 saturated heterocycles. The van der Waals surface area contributed by atoms with E-state index in [1.807, 2.05) is 0 Å². The van der Waals surface area contributed by atoms with E-state index in [1.165, 1.54) is 0 Å². The zero-order valence-corrected chi connectivity index (χ0v) is 12.9. The summed E-state index contributed by atoms with van der Waals surface area (Å²) in [4.78, 5) is 24.0. The predicted octanol–water partition coefficient (Wildman–Crippen LogP) is 1.90. The summed E-state index contributed by atoms with van der Waals surface area (Å²) in [5.74, 6) is -0.604. The van der Waals surface area contributed by atoms with Crippen LogP contribution in [0.25, 0.3) is 0 Å². The van der Waals surface area contributed by atoms with Gasteiger partial charge in [0.1, 0.15) is 0 Å². The van der Waals surface area contributed by atoms with Crippen molar-refractivity contribution in [1.82, 2.24) is 5.32 Å². The van der Waals surface area contributed by atoms with Gasteiger partial charge in [0, 0.05) is 12.6 Å². The highest BCUT2D eigenvalue weighted by molar-refractivity contribution is 5.84. The van der Waals surface area contributed by atoms with E-state index in [-0.39, 0.29) is 11.9 Å². The Kier molecular flexibility index (Phi) is 5.25. The summed E-state index contributed by atoms with van der Waals surface area (Å²) in [7, 11) is 0. The maximum absolute atomic E-state index is 12.7. The van der Waals surface area contributed by atoms with Gasteiger partial charge in [-0.2, -0.15) is 0 Å². The fourth-order valence-electron chi connectivity index (χ4n) is 3.76. The Labute approximate surface area is 126 Å². The maximum Gasteiger partial charge on any atom is 0.308 e. The Hall–Kier alpha value is -1.10. The number of nitrogens with one attached hydrogen (secondary N) is 1. The SMILES string of the molecule is CC1CCC(CN)(C(=O)NC2CCCCC2C(=O)O)CC1. The van der Waals surface area contributed by atoms with Crippen molar-refractivity contribution < 1.29 is 14.7 Å². The van der Waals surface area contributed by atoms with Crippen molar-refractivity contribution in [3.63, 3.8) is 0 Å². The number of amides is 1. The topological polar surface area (TPSA) is 92.4 Å². The van der Waals surface area contributed by atoms with Gasteiger partial charge in [0.25, 0.3) is 0 Å². The number of nitrogens with two attached hydrogens (primary N) is 1. The monoisotopic (exact) mass is 296 g/mol. The Balaban J connectivity index is 2.03. The smallest absolute Gasteiger partial charge is 0.308 e. The molecule has 2 unspecified atom stereocenters. The van der Waals surface area contributed by atoms with E-state index in [0.717, 1.165) is 44.9 Å². The number of carboxylic acid groups (broad SMARTS) is 1. The van der Waals surface area contributed by atoms with Crippen molar-refractivity contribution in [2.75, 3.05) is 6.54 Å². The summed E-state index contributed by atoms with van der Waals surface area (Å²) in [6.07, 6.45) is 7.04. The molecular weight excluding hydrogens is 268 g/mol. The summed E-state index contributed by atoms with van der Waals surface area (Å²) in [6, 6.07) is -0.230. The fourth-order valence-corrected chi connectivity index (χ4v) is 3.76. The lowest BCUT2D eigenvalue weighted by molar-refractivity contribution is -0.145. The third-order valence-electron chi connectivity index (χ3n) is 5.50. The molecule has 5 heteroatoms. The van der Waals surface area contributed by atoms with Crippen LogP contribution in [0.5, 0.6) is 0 Å². The molecule has 0 aliphatic heterocycles. The number of carboxylic acids is 1. The van der Waals surface area contributed by atoms with Crippen LogP contribution >= 0.6 is 0 Å². The van der Waals surface area contributed by atoms with Gasteiger partial charge in [0.05, 0.1) is 11.3 Å². The van der Waals surface area contributed by atoms with E-state index in [2.05, 4.69) is 12.2 Å².